The molecule has 7 heteroatoms. The second-order valence-electron chi connectivity index (χ2n) is 16.5. The molecule has 0 amide bonds. The quantitative estimate of drug-likeness (QED) is 0.163. The molecule has 1 aliphatic heterocycles. The summed E-state index contributed by atoms with van der Waals surface area (Å²) >= 11 is 0. The zero-order chi connectivity index (χ0) is 34.9. The van der Waals surface area contributed by atoms with Crippen molar-refractivity contribution >= 4 is 30.6 Å². The van der Waals surface area contributed by atoms with Crippen LogP contribution < -0.4 is 10.4 Å². The summed E-state index contributed by atoms with van der Waals surface area (Å²) in [5.74, 6) is 0.0269. The maximum absolute atomic E-state index is 13.3. The van der Waals surface area contributed by atoms with Gasteiger partial charge < -0.3 is 19.0 Å². The van der Waals surface area contributed by atoms with Crippen molar-refractivity contribution in [2.45, 2.75) is 123 Å². The van der Waals surface area contributed by atoms with Gasteiger partial charge in [-0.25, -0.2) is 0 Å². The molecule has 0 aromatic heterocycles. The molecule has 0 bridgehead atoms. The van der Waals surface area contributed by atoms with Crippen LogP contribution in [-0.2, 0) is 23.5 Å². The Labute approximate surface area is 289 Å². The molecule has 1 saturated carbocycles. The van der Waals surface area contributed by atoms with E-state index in [1.54, 1.807) is 0 Å². The van der Waals surface area contributed by atoms with Gasteiger partial charge in [0.2, 0.25) is 0 Å². The van der Waals surface area contributed by atoms with Crippen LogP contribution in [-0.4, -0.2) is 49.8 Å². The lowest BCUT2D eigenvalue weighted by molar-refractivity contribution is -0.176. The summed E-state index contributed by atoms with van der Waals surface area (Å²) in [4.78, 5) is 26.5. The third-order valence-corrected chi connectivity index (χ3v) is 16.8. The van der Waals surface area contributed by atoms with Crippen molar-refractivity contribution in [3.63, 3.8) is 0 Å². The van der Waals surface area contributed by atoms with Gasteiger partial charge in [0.05, 0.1) is 24.0 Å². The molecule has 1 heterocycles. The summed E-state index contributed by atoms with van der Waals surface area (Å²) in [7, 11) is -2.84. The van der Waals surface area contributed by atoms with E-state index in [1.165, 1.54) is 10.4 Å². The lowest BCUT2D eigenvalue weighted by Crippen LogP contribution is -2.68. The number of carbonyl (C=O) groups is 2. The number of fused-ring (bicyclic) bond motifs is 1. The monoisotopic (exact) mass is 674 g/mol. The van der Waals surface area contributed by atoms with E-state index in [4.69, 9.17) is 13.9 Å². The molecule has 0 spiro atoms. The van der Waals surface area contributed by atoms with Crippen LogP contribution in [0, 0.1) is 35.0 Å². The van der Waals surface area contributed by atoms with Gasteiger partial charge in [-0.3, -0.25) is 9.59 Å². The Bertz CT molecular complexity index is 1380. The highest BCUT2D eigenvalue weighted by Crippen LogP contribution is 2.49. The van der Waals surface area contributed by atoms with Crippen LogP contribution in [0.1, 0.15) is 93.9 Å². The summed E-state index contributed by atoms with van der Waals surface area (Å²) in [6, 6.07) is 21.1. The van der Waals surface area contributed by atoms with Crippen LogP contribution in [0.2, 0.25) is 5.04 Å². The molecule has 2 aromatic rings. The fourth-order valence-electron chi connectivity index (χ4n) is 8.57. The number of aliphatic hydroxyl groups excluding tert-OH is 1. The predicted octanol–water partition coefficient (Wildman–Crippen LogP) is 7.22. The van der Waals surface area contributed by atoms with Crippen molar-refractivity contribution in [3.8, 4) is 0 Å². The number of aliphatic hydroxyl groups is 1. The first-order valence-corrected chi connectivity index (χ1v) is 20.1. The number of carbonyl (C=O) groups excluding carboxylic acids is 2. The minimum absolute atomic E-state index is 0.0104. The van der Waals surface area contributed by atoms with Gasteiger partial charge in [0.1, 0.15) is 12.2 Å². The van der Waals surface area contributed by atoms with Gasteiger partial charge in [-0.2, -0.15) is 0 Å². The molecule has 9 atom stereocenters. The van der Waals surface area contributed by atoms with E-state index < -0.39 is 19.8 Å². The van der Waals surface area contributed by atoms with Crippen LogP contribution in [0.25, 0.3) is 0 Å². The maximum atomic E-state index is 13.3. The summed E-state index contributed by atoms with van der Waals surface area (Å²) in [6.07, 6.45) is 6.86. The Morgan fingerprint density at radius 1 is 0.917 bits per heavy atom. The molecular formula is C41H58O6Si. The number of hydrogen-bond acceptors (Lipinski definition) is 6. The van der Waals surface area contributed by atoms with E-state index in [-0.39, 0.29) is 71.3 Å². The Morgan fingerprint density at radius 3 is 2.08 bits per heavy atom. The third kappa shape index (κ3) is 7.39. The number of rotatable bonds is 10. The molecule has 1 saturated heterocycles. The second kappa shape index (κ2) is 14.6. The standard InChI is InChI=1S/C41H58O6Si/c1-9-41(7,8)39(44)46-35-24-28(3)38(43)34-22-20-27(2)33(37(34)35)23-21-29-25-30(26-36(42)45-29)47-48(40(4,5)6,31-16-12-10-13-17-31)32-18-14-11-15-19-32/h10-20,22,27-30,33-35,37-38,43H,9,21,23-26H2,1-8H3/t27-,28+,29+,30+,33-,34+,35-,37+,38+/m0/s1. The van der Waals surface area contributed by atoms with Crippen molar-refractivity contribution < 1.29 is 28.6 Å². The fourth-order valence-corrected chi connectivity index (χ4v) is 13.3. The zero-order valence-electron chi connectivity index (χ0n) is 30.4. The topological polar surface area (TPSA) is 82.1 Å². The smallest absolute Gasteiger partial charge is 0.311 e. The van der Waals surface area contributed by atoms with E-state index in [1.807, 2.05) is 32.9 Å². The average molecular weight is 675 g/mol. The Kier molecular flexibility index (Phi) is 11.1. The first-order chi connectivity index (χ1) is 22.7. The lowest BCUT2D eigenvalue weighted by Gasteiger charge is -2.50. The van der Waals surface area contributed by atoms with Crippen molar-refractivity contribution in [2.24, 2.45) is 35.0 Å². The summed E-state index contributed by atoms with van der Waals surface area (Å²) < 4.78 is 19.7. The predicted molar refractivity (Wildman–Crippen MR) is 193 cm³/mol. The summed E-state index contributed by atoms with van der Waals surface area (Å²) in [6.45, 7) is 17.0. The number of cyclic esters (lactones) is 1. The third-order valence-electron chi connectivity index (χ3n) is 11.8. The Balaban J connectivity index is 1.38. The molecule has 6 nitrogen and oxygen atoms in total. The van der Waals surface area contributed by atoms with Crippen LogP contribution >= 0.6 is 0 Å². The largest absolute Gasteiger partial charge is 0.462 e. The van der Waals surface area contributed by atoms with Crippen molar-refractivity contribution in [3.05, 3.63) is 72.8 Å². The molecule has 2 fully saturated rings. The summed E-state index contributed by atoms with van der Waals surface area (Å²) in [5, 5.41) is 13.5. The van der Waals surface area contributed by atoms with Gasteiger partial charge in [0.15, 0.2) is 0 Å². The van der Waals surface area contributed by atoms with Gasteiger partial charge in [-0.1, -0.05) is 114 Å². The highest BCUT2D eigenvalue weighted by molar-refractivity contribution is 6.99. The number of hydrogen-bond donors (Lipinski definition) is 1. The highest BCUT2D eigenvalue weighted by atomic mass is 28.4. The van der Waals surface area contributed by atoms with E-state index in [0.717, 1.165) is 6.42 Å². The number of allylic oxidation sites excluding steroid dienone is 1. The number of esters is 2. The Hall–Kier alpha value is -2.74. The van der Waals surface area contributed by atoms with Crippen LogP contribution in [0.5, 0.6) is 0 Å². The molecule has 3 aliphatic rings. The van der Waals surface area contributed by atoms with Crippen molar-refractivity contribution in [1.29, 1.82) is 0 Å². The normalized spacial score (nSPS) is 31.1. The van der Waals surface area contributed by atoms with Crippen LogP contribution in [0.15, 0.2) is 72.8 Å². The molecular weight excluding hydrogens is 617 g/mol. The van der Waals surface area contributed by atoms with E-state index in [9.17, 15) is 14.7 Å². The molecule has 1 N–H and O–H groups in total. The lowest BCUT2D eigenvalue weighted by atomic mass is 9.59. The molecule has 48 heavy (non-hydrogen) atoms. The maximum Gasteiger partial charge on any atom is 0.311 e. The molecule has 5 rings (SSSR count). The van der Waals surface area contributed by atoms with Crippen molar-refractivity contribution in [1.82, 2.24) is 0 Å². The van der Waals surface area contributed by atoms with E-state index in [2.05, 4.69) is 95.3 Å². The van der Waals surface area contributed by atoms with Gasteiger partial charge in [0, 0.05) is 18.3 Å². The van der Waals surface area contributed by atoms with Crippen LogP contribution in [0.3, 0.4) is 0 Å². The van der Waals surface area contributed by atoms with Gasteiger partial charge in [-0.05, 0) is 72.7 Å². The molecule has 2 aliphatic carbocycles. The first kappa shape index (κ1) is 36.5. The molecule has 262 valence electrons. The SMILES string of the molecule is CCC(C)(C)C(=O)O[C@H]1C[C@@H](C)[C@@H](O)[C@@H]2C=C[C@H](C)[C@H](CC[C@@H]3C[C@@H](O[Si](c4ccccc4)(c4ccccc4)C(C)(C)C)CC(=O)O3)[C@H]21. The van der Waals surface area contributed by atoms with Gasteiger partial charge in [-0.15, -0.1) is 0 Å². The van der Waals surface area contributed by atoms with E-state index >= 15 is 0 Å². The van der Waals surface area contributed by atoms with Crippen molar-refractivity contribution in [2.75, 3.05) is 0 Å². The van der Waals surface area contributed by atoms with E-state index in [0.29, 0.717) is 25.7 Å². The molecule has 0 radical (unpaired) electrons. The first-order valence-electron chi connectivity index (χ1n) is 18.2. The minimum Gasteiger partial charge on any atom is -0.462 e. The zero-order valence-corrected chi connectivity index (χ0v) is 31.4. The number of ether oxygens (including phenoxy) is 2. The number of benzene rings is 2. The average Bonchev–Trinajstić information content (AvgIpc) is 3.05. The van der Waals surface area contributed by atoms with Crippen LogP contribution in [0.4, 0.5) is 0 Å². The Morgan fingerprint density at radius 2 is 1.52 bits per heavy atom. The van der Waals surface area contributed by atoms with Gasteiger partial charge >= 0.3 is 11.9 Å². The second-order valence-corrected chi connectivity index (χ2v) is 20.7. The summed E-state index contributed by atoms with van der Waals surface area (Å²) in [5.41, 5.74) is -0.559. The minimum atomic E-state index is -2.84. The van der Waals surface area contributed by atoms with Gasteiger partial charge in [0.25, 0.3) is 8.32 Å². The fraction of sp³-hybridized carbons (Fsp3) is 0.610. The molecule has 2 aromatic carbocycles. The highest BCUT2D eigenvalue weighted by Gasteiger charge is 2.53. The molecule has 0 unspecified atom stereocenters.